The van der Waals surface area contributed by atoms with E-state index in [0.717, 1.165) is 20.6 Å². The Morgan fingerprint density at radius 2 is 1.93 bits per heavy atom. The van der Waals surface area contributed by atoms with E-state index in [9.17, 15) is 13.2 Å². The monoisotopic (exact) mass is 409 g/mol. The third-order valence-corrected chi connectivity index (χ3v) is 6.46. The predicted octanol–water partition coefficient (Wildman–Crippen LogP) is 2.68. The summed E-state index contributed by atoms with van der Waals surface area (Å²) in [6.45, 7) is 1.49. The molecule has 29 heavy (non-hydrogen) atoms. The summed E-state index contributed by atoms with van der Waals surface area (Å²) in [6.07, 6.45) is 4.97. The number of nitrogens with one attached hydrogen (secondary N) is 2. The number of H-pyrrole nitrogens is 1. The molecule has 0 saturated carbocycles. The molecule has 2 heterocycles. The lowest BCUT2D eigenvalue weighted by atomic mass is 10.1. The number of aryl methyl sites for hydroxylation is 1. The van der Waals surface area contributed by atoms with Crippen LogP contribution in [-0.4, -0.2) is 47.4 Å². The minimum absolute atomic E-state index is 0.0945. The first-order valence-electron chi connectivity index (χ1n) is 8.88. The van der Waals surface area contributed by atoms with Crippen LogP contribution < -0.4 is 5.32 Å². The fraction of sp³-hybridized carbons (Fsp3) is 0.150. The average molecular weight is 409 g/mol. The summed E-state index contributed by atoms with van der Waals surface area (Å²) in [6, 6.07) is 10.7. The highest BCUT2D eigenvalue weighted by atomic mass is 32.2. The number of anilines is 1. The van der Waals surface area contributed by atoms with Gasteiger partial charge in [-0.2, -0.15) is 9.40 Å². The molecular formula is C20H19N5O3S. The van der Waals surface area contributed by atoms with Crippen LogP contribution in [0.1, 0.15) is 5.56 Å². The van der Waals surface area contributed by atoms with Gasteiger partial charge >= 0.3 is 0 Å². The normalized spacial score (nSPS) is 12.0. The smallest absolute Gasteiger partial charge is 0.245 e. The van der Waals surface area contributed by atoms with Crippen molar-refractivity contribution in [1.29, 1.82) is 0 Å². The molecule has 0 radical (unpaired) electrons. The lowest BCUT2D eigenvalue weighted by molar-refractivity contribution is -0.116. The van der Waals surface area contributed by atoms with Crippen LogP contribution in [-0.2, 0) is 14.8 Å². The molecule has 2 aromatic carbocycles. The van der Waals surface area contributed by atoms with Gasteiger partial charge in [-0.1, -0.05) is 6.07 Å². The number of rotatable bonds is 5. The Bertz CT molecular complexity index is 1330. The van der Waals surface area contributed by atoms with Gasteiger partial charge in [0.25, 0.3) is 0 Å². The predicted molar refractivity (Wildman–Crippen MR) is 111 cm³/mol. The molecule has 0 aliphatic rings. The number of aromatic amines is 1. The number of carbonyl (C=O) groups excluding carboxylic acids is 1. The number of carbonyl (C=O) groups is 1. The highest BCUT2D eigenvalue weighted by Gasteiger charge is 2.26. The van der Waals surface area contributed by atoms with E-state index in [2.05, 4.69) is 20.5 Å². The third-order valence-electron chi connectivity index (χ3n) is 4.64. The van der Waals surface area contributed by atoms with Gasteiger partial charge in [0.1, 0.15) is 4.90 Å². The quantitative estimate of drug-likeness (QED) is 0.527. The lowest BCUT2D eigenvalue weighted by Gasteiger charge is -2.18. The van der Waals surface area contributed by atoms with Gasteiger partial charge in [-0.25, -0.2) is 8.42 Å². The molecule has 0 unspecified atom stereocenters. The first kappa shape index (κ1) is 19.0. The molecule has 0 aliphatic carbocycles. The molecule has 0 bridgehead atoms. The number of nitrogens with zero attached hydrogens (tertiary/aromatic N) is 3. The molecule has 4 rings (SSSR count). The van der Waals surface area contributed by atoms with E-state index in [-0.39, 0.29) is 11.4 Å². The minimum atomic E-state index is -3.89. The van der Waals surface area contributed by atoms with Crippen molar-refractivity contribution in [3.05, 3.63) is 60.6 Å². The standard InChI is InChI=1S/C20H19N5O3S/c1-13-7-16-11-22-24-20(16)18(8-13)29(27,28)25(2)12-19(26)23-17-4-3-14-5-6-21-10-15(14)9-17/h3-11H,12H2,1-2H3,(H,22,24)(H,23,26). The summed E-state index contributed by atoms with van der Waals surface area (Å²) in [5.74, 6) is -0.437. The van der Waals surface area contributed by atoms with Crippen molar-refractivity contribution in [2.24, 2.45) is 0 Å². The van der Waals surface area contributed by atoms with E-state index in [4.69, 9.17) is 0 Å². The molecule has 0 fully saturated rings. The molecule has 0 atom stereocenters. The van der Waals surface area contributed by atoms with Crippen LogP contribution in [0.25, 0.3) is 21.7 Å². The van der Waals surface area contributed by atoms with Gasteiger partial charge in [0.05, 0.1) is 18.3 Å². The summed E-state index contributed by atoms with van der Waals surface area (Å²) in [4.78, 5) is 16.6. The molecule has 4 aromatic rings. The molecule has 0 spiro atoms. The molecule has 2 N–H and O–H groups in total. The van der Waals surface area contributed by atoms with E-state index in [0.29, 0.717) is 16.6 Å². The van der Waals surface area contributed by atoms with Crippen LogP contribution in [0.3, 0.4) is 0 Å². The van der Waals surface area contributed by atoms with E-state index >= 15 is 0 Å². The zero-order valence-corrected chi connectivity index (χ0v) is 16.7. The van der Waals surface area contributed by atoms with Crippen LogP contribution in [0.5, 0.6) is 0 Å². The fourth-order valence-electron chi connectivity index (χ4n) is 3.19. The van der Waals surface area contributed by atoms with Gasteiger partial charge in [0.2, 0.25) is 15.9 Å². The van der Waals surface area contributed by atoms with E-state index in [1.54, 1.807) is 36.8 Å². The fourth-order valence-corrected chi connectivity index (χ4v) is 4.57. The number of pyridine rings is 1. The Morgan fingerprint density at radius 3 is 2.76 bits per heavy atom. The first-order chi connectivity index (χ1) is 13.8. The lowest BCUT2D eigenvalue weighted by Crippen LogP contribution is -2.35. The second-order valence-corrected chi connectivity index (χ2v) is 8.86. The summed E-state index contributed by atoms with van der Waals surface area (Å²) < 4.78 is 27.1. The van der Waals surface area contributed by atoms with Crippen molar-refractivity contribution in [1.82, 2.24) is 19.5 Å². The zero-order chi connectivity index (χ0) is 20.6. The molecule has 0 aliphatic heterocycles. The highest BCUT2D eigenvalue weighted by Crippen LogP contribution is 2.25. The van der Waals surface area contributed by atoms with Crippen LogP contribution in [0.15, 0.2) is 59.9 Å². The van der Waals surface area contributed by atoms with E-state index in [1.807, 2.05) is 25.1 Å². The maximum absolute atomic E-state index is 13.0. The van der Waals surface area contributed by atoms with Crippen molar-refractivity contribution >= 4 is 43.3 Å². The second-order valence-electron chi connectivity index (χ2n) is 6.84. The zero-order valence-electron chi connectivity index (χ0n) is 15.9. The summed E-state index contributed by atoms with van der Waals surface area (Å²) in [5.41, 5.74) is 1.79. The maximum atomic E-state index is 13.0. The number of aromatic nitrogens is 3. The van der Waals surface area contributed by atoms with Crippen LogP contribution in [0.4, 0.5) is 5.69 Å². The molecule has 9 heteroatoms. The topological polar surface area (TPSA) is 108 Å². The summed E-state index contributed by atoms with van der Waals surface area (Å²) in [5, 5.41) is 12.0. The van der Waals surface area contributed by atoms with Crippen LogP contribution in [0.2, 0.25) is 0 Å². The third kappa shape index (κ3) is 3.69. The Labute approximate surface area is 167 Å². The SMILES string of the molecule is Cc1cc(S(=O)(=O)N(C)CC(=O)Nc2ccc3ccncc3c2)c2[nH]ncc2c1. The minimum Gasteiger partial charge on any atom is -0.325 e. The Balaban J connectivity index is 1.54. The molecule has 0 saturated heterocycles. The van der Waals surface area contributed by atoms with Crippen molar-refractivity contribution < 1.29 is 13.2 Å². The second kappa shape index (κ2) is 7.26. The van der Waals surface area contributed by atoms with Crippen molar-refractivity contribution in [3.8, 4) is 0 Å². The molecule has 148 valence electrons. The van der Waals surface area contributed by atoms with Gasteiger partial charge in [0, 0.05) is 35.9 Å². The number of amides is 1. The summed E-state index contributed by atoms with van der Waals surface area (Å²) >= 11 is 0. The van der Waals surface area contributed by atoms with Gasteiger partial charge in [0.15, 0.2) is 0 Å². The van der Waals surface area contributed by atoms with Crippen molar-refractivity contribution in [2.75, 3.05) is 18.9 Å². The maximum Gasteiger partial charge on any atom is 0.245 e. The van der Waals surface area contributed by atoms with Gasteiger partial charge in [-0.05, 0) is 48.2 Å². The van der Waals surface area contributed by atoms with Crippen LogP contribution >= 0.6 is 0 Å². The number of hydrogen-bond donors (Lipinski definition) is 2. The molecule has 8 nitrogen and oxygen atoms in total. The number of likely N-dealkylation sites (N-methyl/N-ethyl adjacent to an activating group) is 1. The van der Waals surface area contributed by atoms with Crippen LogP contribution in [0, 0.1) is 6.92 Å². The molecular weight excluding hydrogens is 390 g/mol. The number of sulfonamides is 1. The largest absolute Gasteiger partial charge is 0.325 e. The van der Waals surface area contributed by atoms with E-state index < -0.39 is 15.9 Å². The molecule has 1 amide bonds. The highest BCUT2D eigenvalue weighted by molar-refractivity contribution is 7.89. The van der Waals surface area contributed by atoms with Crippen molar-refractivity contribution in [3.63, 3.8) is 0 Å². The summed E-state index contributed by atoms with van der Waals surface area (Å²) in [7, 11) is -2.51. The average Bonchev–Trinajstić information content (AvgIpc) is 3.15. The first-order valence-corrected chi connectivity index (χ1v) is 10.3. The Morgan fingerprint density at radius 1 is 1.10 bits per heavy atom. The number of fused-ring (bicyclic) bond motifs is 2. The van der Waals surface area contributed by atoms with E-state index in [1.165, 1.54) is 7.05 Å². The number of hydrogen-bond acceptors (Lipinski definition) is 5. The number of benzene rings is 2. The Hall–Kier alpha value is -3.30. The van der Waals surface area contributed by atoms with Crippen molar-refractivity contribution in [2.45, 2.75) is 11.8 Å². The van der Waals surface area contributed by atoms with Gasteiger partial charge in [-0.3, -0.25) is 14.9 Å². The van der Waals surface area contributed by atoms with Gasteiger partial charge in [-0.15, -0.1) is 0 Å². The molecule has 2 aromatic heterocycles. The Kier molecular flexibility index (Phi) is 4.77. The van der Waals surface area contributed by atoms with Gasteiger partial charge < -0.3 is 5.32 Å².